The molecule has 0 aromatic heterocycles. The summed E-state index contributed by atoms with van der Waals surface area (Å²) in [5.74, 6) is 0.384. The van der Waals surface area contributed by atoms with E-state index in [1.54, 1.807) is 31.2 Å². The third-order valence-corrected chi connectivity index (χ3v) is 3.85. The van der Waals surface area contributed by atoms with Gasteiger partial charge in [0.25, 0.3) is 0 Å². The summed E-state index contributed by atoms with van der Waals surface area (Å²) in [5, 5.41) is 3.11. The van der Waals surface area contributed by atoms with Gasteiger partial charge in [-0.2, -0.15) is 0 Å². The van der Waals surface area contributed by atoms with Gasteiger partial charge in [0, 0.05) is 18.8 Å². The molecule has 1 fully saturated rings. The molecule has 0 aliphatic carbocycles. The van der Waals surface area contributed by atoms with E-state index in [0.29, 0.717) is 18.1 Å². The van der Waals surface area contributed by atoms with Crippen LogP contribution in [0, 0.1) is 5.92 Å². The lowest BCUT2D eigenvalue weighted by Crippen LogP contribution is -2.41. The van der Waals surface area contributed by atoms with Crippen LogP contribution in [-0.2, 0) is 9.53 Å². The van der Waals surface area contributed by atoms with Crippen LogP contribution in [0.4, 0.5) is 5.69 Å². The van der Waals surface area contributed by atoms with Gasteiger partial charge in [-0.25, -0.2) is 4.79 Å². The number of esters is 1. The Morgan fingerprint density at radius 3 is 2.68 bits per heavy atom. The van der Waals surface area contributed by atoms with E-state index in [-0.39, 0.29) is 18.4 Å². The molecule has 0 radical (unpaired) electrons. The van der Waals surface area contributed by atoms with Gasteiger partial charge in [-0.05, 0) is 49.9 Å². The Hall–Kier alpha value is -2.04. The zero-order valence-corrected chi connectivity index (χ0v) is 13.3. The molecule has 1 N–H and O–H groups in total. The largest absolute Gasteiger partial charge is 0.462 e. The number of carbonyl (C=O) groups is 2. The molecule has 1 atom stereocenters. The average molecular weight is 304 g/mol. The Kier molecular flexibility index (Phi) is 5.81. The molecular weight excluding hydrogens is 280 g/mol. The van der Waals surface area contributed by atoms with Crippen molar-refractivity contribution in [3.8, 4) is 0 Å². The molecule has 1 aromatic carbocycles. The first-order chi connectivity index (χ1) is 10.6. The van der Waals surface area contributed by atoms with Gasteiger partial charge >= 0.3 is 5.97 Å². The van der Waals surface area contributed by atoms with E-state index in [0.717, 1.165) is 25.2 Å². The third-order valence-electron chi connectivity index (χ3n) is 3.85. The molecule has 1 saturated heterocycles. The second kappa shape index (κ2) is 7.82. The first-order valence-corrected chi connectivity index (χ1v) is 7.89. The Balaban J connectivity index is 1.83. The van der Waals surface area contributed by atoms with Crippen molar-refractivity contribution in [2.24, 2.45) is 5.92 Å². The van der Waals surface area contributed by atoms with Crippen molar-refractivity contribution in [2.75, 3.05) is 31.6 Å². The van der Waals surface area contributed by atoms with E-state index in [4.69, 9.17) is 4.74 Å². The summed E-state index contributed by atoms with van der Waals surface area (Å²) in [6.45, 7) is 6.31. The molecule has 1 aromatic rings. The van der Waals surface area contributed by atoms with E-state index in [1.807, 2.05) is 4.90 Å². The van der Waals surface area contributed by atoms with Crippen molar-refractivity contribution < 1.29 is 14.3 Å². The number of benzene rings is 1. The minimum absolute atomic E-state index is 0.126. The summed E-state index contributed by atoms with van der Waals surface area (Å²) in [6.07, 6.45) is 2.29. The molecule has 1 aliphatic heterocycles. The molecule has 5 nitrogen and oxygen atoms in total. The maximum absolute atomic E-state index is 12.2. The van der Waals surface area contributed by atoms with Crippen LogP contribution in [0.5, 0.6) is 0 Å². The standard InChI is InChI=1S/C17H24N2O3/c1-3-22-17(21)14-6-8-15(9-7-14)18-11-16(20)19-10-4-5-13(2)12-19/h6-9,13,18H,3-5,10-12H2,1-2H3. The van der Waals surface area contributed by atoms with Gasteiger partial charge < -0.3 is 15.0 Å². The molecule has 2 rings (SSSR count). The molecule has 5 heteroatoms. The van der Waals surface area contributed by atoms with Gasteiger partial charge in [-0.3, -0.25) is 4.79 Å². The normalized spacial score (nSPS) is 17.9. The Morgan fingerprint density at radius 2 is 2.05 bits per heavy atom. The summed E-state index contributed by atoms with van der Waals surface area (Å²) < 4.78 is 4.94. The van der Waals surface area contributed by atoms with E-state index < -0.39 is 0 Å². The first-order valence-electron chi connectivity index (χ1n) is 7.89. The van der Waals surface area contributed by atoms with Crippen molar-refractivity contribution in [3.63, 3.8) is 0 Å². The molecule has 1 amide bonds. The van der Waals surface area contributed by atoms with Crippen LogP contribution in [0.25, 0.3) is 0 Å². The molecule has 0 spiro atoms. The minimum atomic E-state index is -0.326. The van der Waals surface area contributed by atoms with E-state index in [1.165, 1.54) is 6.42 Å². The predicted molar refractivity (Wildman–Crippen MR) is 85.9 cm³/mol. The fourth-order valence-electron chi connectivity index (χ4n) is 2.64. The highest BCUT2D eigenvalue weighted by Gasteiger charge is 2.20. The lowest BCUT2D eigenvalue weighted by atomic mass is 10.0. The highest BCUT2D eigenvalue weighted by molar-refractivity contribution is 5.90. The molecular formula is C17H24N2O3. The van der Waals surface area contributed by atoms with Crippen LogP contribution < -0.4 is 5.32 Å². The summed E-state index contributed by atoms with van der Waals surface area (Å²) in [7, 11) is 0. The number of rotatable bonds is 5. The third kappa shape index (κ3) is 4.48. The number of carbonyl (C=O) groups excluding carboxylic acids is 2. The number of nitrogens with zero attached hydrogens (tertiary/aromatic N) is 1. The summed E-state index contributed by atoms with van der Waals surface area (Å²) in [4.78, 5) is 25.6. The van der Waals surface area contributed by atoms with Crippen molar-refractivity contribution >= 4 is 17.6 Å². The zero-order valence-electron chi connectivity index (χ0n) is 13.3. The van der Waals surface area contributed by atoms with E-state index in [2.05, 4.69) is 12.2 Å². The predicted octanol–water partition coefficient (Wildman–Crippen LogP) is 2.53. The number of amides is 1. The topological polar surface area (TPSA) is 58.6 Å². The Morgan fingerprint density at radius 1 is 1.32 bits per heavy atom. The van der Waals surface area contributed by atoms with Crippen LogP contribution in [-0.4, -0.2) is 43.0 Å². The lowest BCUT2D eigenvalue weighted by Gasteiger charge is -2.31. The van der Waals surface area contributed by atoms with Crippen molar-refractivity contribution in [1.82, 2.24) is 4.90 Å². The highest BCUT2D eigenvalue weighted by Crippen LogP contribution is 2.16. The first kappa shape index (κ1) is 16.3. The summed E-state index contributed by atoms with van der Waals surface area (Å²) in [5.41, 5.74) is 1.34. The van der Waals surface area contributed by atoms with Crippen LogP contribution in [0.2, 0.25) is 0 Å². The fraction of sp³-hybridized carbons (Fsp3) is 0.529. The van der Waals surface area contributed by atoms with Crippen LogP contribution in [0.1, 0.15) is 37.0 Å². The number of nitrogens with one attached hydrogen (secondary N) is 1. The van der Waals surface area contributed by atoms with Gasteiger partial charge in [0.15, 0.2) is 0 Å². The Bertz CT molecular complexity index is 513. The van der Waals surface area contributed by atoms with Crippen molar-refractivity contribution in [1.29, 1.82) is 0 Å². The maximum atomic E-state index is 12.2. The number of ether oxygens (including phenoxy) is 1. The van der Waals surface area contributed by atoms with Gasteiger partial charge in [-0.1, -0.05) is 6.92 Å². The van der Waals surface area contributed by atoms with Crippen molar-refractivity contribution in [2.45, 2.75) is 26.7 Å². The Labute approximate surface area is 131 Å². The molecule has 1 heterocycles. The van der Waals surface area contributed by atoms with Crippen LogP contribution >= 0.6 is 0 Å². The lowest BCUT2D eigenvalue weighted by molar-refractivity contribution is -0.130. The van der Waals surface area contributed by atoms with E-state index in [9.17, 15) is 9.59 Å². The number of anilines is 1. The zero-order chi connectivity index (χ0) is 15.9. The van der Waals surface area contributed by atoms with Crippen molar-refractivity contribution in [3.05, 3.63) is 29.8 Å². The van der Waals surface area contributed by atoms with Gasteiger partial charge in [0.05, 0.1) is 18.7 Å². The summed E-state index contributed by atoms with van der Waals surface area (Å²) in [6, 6.07) is 6.98. The van der Waals surface area contributed by atoms with Crippen LogP contribution in [0.15, 0.2) is 24.3 Å². The number of likely N-dealkylation sites (tertiary alicyclic amines) is 1. The molecule has 0 bridgehead atoms. The number of piperidine rings is 1. The molecule has 0 saturated carbocycles. The molecule has 120 valence electrons. The van der Waals surface area contributed by atoms with Gasteiger partial charge in [0.1, 0.15) is 0 Å². The fourth-order valence-corrected chi connectivity index (χ4v) is 2.64. The quantitative estimate of drug-likeness (QED) is 0.849. The highest BCUT2D eigenvalue weighted by atomic mass is 16.5. The maximum Gasteiger partial charge on any atom is 0.338 e. The molecule has 1 unspecified atom stereocenters. The minimum Gasteiger partial charge on any atom is -0.462 e. The number of hydrogen-bond donors (Lipinski definition) is 1. The molecule has 1 aliphatic rings. The second-order valence-corrected chi connectivity index (χ2v) is 5.74. The monoisotopic (exact) mass is 304 g/mol. The SMILES string of the molecule is CCOC(=O)c1ccc(NCC(=O)N2CCCC(C)C2)cc1. The smallest absolute Gasteiger partial charge is 0.338 e. The van der Waals surface area contributed by atoms with Gasteiger partial charge in [-0.15, -0.1) is 0 Å². The number of hydrogen-bond acceptors (Lipinski definition) is 4. The second-order valence-electron chi connectivity index (χ2n) is 5.74. The summed E-state index contributed by atoms with van der Waals surface area (Å²) >= 11 is 0. The molecule has 22 heavy (non-hydrogen) atoms. The van der Waals surface area contributed by atoms with E-state index >= 15 is 0 Å². The average Bonchev–Trinajstić information content (AvgIpc) is 2.53. The van der Waals surface area contributed by atoms with Crippen LogP contribution in [0.3, 0.4) is 0 Å². The van der Waals surface area contributed by atoms with Gasteiger partial charge in [0.2, 0.25) is 5.91 Å².